The highest BCUT2D eigenvalue weighted by Crippen LogP contribution is 2.27. The van der Waals surface area contributed by atoms with E-state index in [1.54, 1.807) is 25.8 Å². The Labute approximate surface area is 225 Å². The summed E-state index contributed by atoms with van der Waals surface area (Å²) in [7, 11) is 1.69. The first-order chi connectivity index (χ1) is 18.1. The van der Waals surface area contributed by atoms with Gasteiger partial charge in [-0.2, -0.15) is 0 Å². The van der Waals surface area contributed by atoms with Gasteiger partial charge >= 0.3 is 6.09 Å². The van der Waals surface area contributed by atoms with Crippen LogP contribution in [0.3, 0.4) is 0 Å². The number of rotatable bonds is 14. The lowest BCUT2D eigenvalue weighted by atomic mass is 9.84. The monoisotopic (exact) mass is 532 g/mol. The van der Waals surface area contributed by atoms with E-state index < -0.39 is 36.1 Å². The van der Waals surface area contributed by atoms with E-state index in [-0.39, 0.29) is 30.7 Å². The fourth-order valence-electron chi connectivity index (χ4n) is 4.82. The number of likely N-dealkylation sites (N-methyl/N-ethyl adjacent to an activating group) is 1. The second kappa shape index (κ2) is 16.0. The minimum atomic E-state index is -1.59. The van der Waals surface area contributed by atoms with Crippen molar-refractivity contribution in [1.82, 2.24) is 20.9 Å². The fraction of sp³-hybridized carbons (Fsp3) is 0.643. The maximum atomic E-state index is 13.2. The number of hydrogen-bond donors (Lipinski definition) is 5. The highest BCUT2D eigenvalue weighted by molar-refractivity contribution is 5.87. The van der Waals surface area contributed by atoms with E-state index in [0.717, 1.165) is 37.7 Å². The number of carbonyl (C=O) groups is 4. The highest BCUT2D eigenvalue weighted by Gasteiger charge is 2.32. The minimum Gasteiger partial charge on any atom is -0.465 e. The molecule has 4 amide bonds. The van der Waals surface area contributed by atoms with Crippen LogP contribution in [0.4, 0.5) is 4.79 Å². The van der Waals surface area contributed by atoms with E-state index in [1.165, 1.54) is 0 Å². The van der Waals surface area contributed by atoms with Crippen molar-refractivity contribution in [2.24, 2.45) is 5.92 Å². The maximum Gasteiger partial charge on any atom is 0.405 e. The lowest BCUT2D eigenvalue weighted by Gasteiger charge is -2.29. The number of aliphatic hydroxyl groups is 1. The summed E-state index contributed by atoms with van der Waals surface area (Å²) in [5, 5.41) is 27.7. The summed E-state index contributed by atoms with van der Waals surface area (Å²) >= 11 is 0. The van der Waals surface area contributed by atoms with Crippen LogP contribution in [-0.2, 0) is 20.8 Å². The second-order valence-corrected chi connectivity index (χ2v) is 10.6. The molecule has 0 saturated heterocycles. The van der Waals surface area contributed by atoms with Gasteiger partial charge in [0.05, 0.1) is 6.04 Å². The molecular formula is C28H44N4O6. The Bertz CT molecular complexity index is 904. The molecule has 1 aromatic rings. The van der Waals surface area contributed by atoms with Gasteiger partial charge in [-0.05, 0) is 44.6 Å². The lowest BCUT2D eigenvalue weighted by molar-refractivity contribution is -0.135. The molecule has 0 bridgehead atoms. The fourth-order valence-corrected chi connectivity index (χ4v) is 4.82. The Kier molecular flexibility index (Phi) is 13.1. The molecule has 2 rings (SSSR count). The zero-order valence-corrected chi connectivity index (χ0v) is 22.8. The van der Waals surface area contributed by atoms with Gasteiger partial charge in [0.2, 0.25) is 11.8 Å². The van der Waals surface area contributed by atoms with Crippen LogP contribution in [0.15, 0.2) is 30.3 Å². The van der Waals surface area contributed by atoms with E-state index in [9.17, 15) is 29.4 Å². The van der Waals surface area contributed by atoms with Gasteiger partial charge in [-0.15, -0.1) is 0 Å². The number of carboxylic acid groups (broad SMARTS) is 1. The molecule has 3 unspecified atom stereocenters. The molecule has 212 valence electrons. The molecule has 1 fully saturated rings. The third-order valence-corrected chi connectivity index (χ3v) is 6.99. The summed E-state index contributed by atoms with van der Waals surface area (Å²) in [4.78, 5) is 51.5. The van der Waals surface area contributed by atoms with Gasteiger partial charge in [-0.25, -0.2) is 4.79 Å². The van der Waals surface area contributed by atoms with E-state index in [4.69, 9.17) is 0 Å². The molecule has 1 aromatic carbocycles. The molecule has 10 heteroatoms. The molecule has 10 nitrogen and oxygen atoms in total. The molecule has 1 aliphatic carbocycles. The van der Waals surface area contributed by atoms with Crippen molar-refractivity contribution < 1.29 is 29.4 Å². The summed E-state index contributed by atoms with van der Waals surface area (Å²) < 4.78 is 0. The molecule has 3 atom stereocenters. The predicted molar refractivity (Wildman–Crippen MR) is 144 cm³/mol. The molecule has 0 aromatic heterocycles. The van der Waals surface area contributed by atoms with Gasteiger partial charge in [0, 0.05) is 26.1 Å². The smallest absolute Gasteiger partial charge is 0.405 e. The van der Waals surface area contributed by atoms with Gasteiger partial charge in [0.25, 0.3) is 5.91 Å². The van der Waals surface area contributed by atoms with E-state index in [2.05, 4.69) is 16.0 Å². The summed E-state index contributed by atoms with van der Waals surface area (Å²) in [6, 6.07) is 7.49. The Hall–Kier alpha value is -3.14. The third kappa shape index (κ3) is 11.1. The normalized spacial score (nSPS) is 16.2. The lowest BCUT2D eigenvalue weighted by Crippen LogP contribution is -2.56. The molecule has 0 spiro atoms. The van der Waals surface area contributed by atoms with Gasteiger partial charge < -0.3 is 31.1 Å². The first kappa shape index (κ1) is 31.1. The number of carbonyl (C=O) groups excluding carboxylic acids is 3. The predicted octanol–water partition coefficient (Wildman–Crippen LogP) is 2.44. The molecule has 5 N–H and O–H groups in total. The van der Waals surface area contributed by atoms with E-state index >= 15 is 0 Å². The summed E-state index contributed by atoms with van der Waals surface area (Å²) in [5.74, 6) is -1.23. The molecule has 1 aliphatic rings. The van der Waals surface area contributed by atoms with Crippen molar-refractivity contribution >= 4 is 23.8 Å². The van der Waals surface area contributed by atoms with Crippen molar-refractivity contribution in [1.29, 1.82) is 0 Å². The molecule has 0 aliphatic heterocycles. The van der Waals surface area contributed by atoms with Gasteiger partial charge in [-0.1, -0.05) is 62.4 Å². The van der Waals surface area contributed by atoms with Crippen molar-refractivity contribution in [2.75, 3.05) is 13.6 Å². The highest BCUT2D eigenvalue weighted by atomic mass is 16.4. The standard InChI is InChI=1S/C28H44N4O6/c1-19(2)29-27(36)25(34)22(14-15-24(33)32(3)17-16-20-10-6-4-7-11-20)30-26(35)23(31-28(37)38)18-21-12-8-5-9-13-21/h4,6-7,10-11,19,21-23,25,31,34H,5,8-9,12-18H2,1-3H3,(H,29,36)(H,30,35)(H,37,38). The zero-order valence-electron chi connectivity index (χ0n) is 22.8. The summed E-state index contributed by atoms with van der Waals surface area (Å²) in [6.45, 7) is 4.00. The van der Waals surface area contributed by atoms with Crippen LogP contribution < -0.4 is 16.0 Å². The average molecular weight is 533 g/mol. The minimum absolute atomic E-state index is 0.00189. The number of hydrogen-bond acceptors (Lipinski definition) is 5. The largest absolute Gasteiger partial charge is 0.465 e. The molecule has 0 radical (unpaired) electrons. The average Bonchev–Trinajstić information content (AvgIpc) is 2.89. The summed E-state index contributed by atoms with van der Waals surface area (Å²) in [6.07, 6.45) is 3.23. The first-order valence-electron chi connectivity index (χ1n) is 13.6. The first-order valence-corrected chi connectivity index (χ1v) is 13.6. The molecule has 38 heavy (non-hydrogen) atoms. The summed E-state index contributed by atoms with van der Waals surface area (Å²) in [5.41, 5.74) is 1.10. The second-order valence-electron chi connectivity index (χ2n) is 10.6. The van der Waals surface area contributed by atoms with Crippen LogP contribution in [0.25, 0.3) is 0 Å². The van der Waals surface area contributed by atoms with Crippen LogP contribution in [0.2, 0.25) is 0 Å². The van der Waals surface area contributed by atoms with E-state index in [0.29, 0.717) is 19.4 Å². The maximum absolute atomic E-state index is 13.2. The van der Waals surface area contributed by atoms with Crippen molar-refractivity contribution in [2.45, 2.75) is 95.9 Å². The number of amides is 4. The van der Waals surface area contributed by atoms with Crippen LogP contribution in [-0.4, -0.2) is 76.7 Å². The Balaban J connectivity index is 2.05. The van der Waals surface area contributed by atoms with Crippen molar-refractivity contribution in [3.63, 3.8) is 0 Å². The van der Waals surface area contributed by atoms with Gasteiger partial charge in [-0.3, -0.25) is 14.4 Å². The number of nitrogens with one attached hydrogen (secondary N) is 3. The Morgan fingerprint density at radius 1 is 0.974 bits per heavy atom. The molecule has 1 saturated carbocycles. The number of aliphatic hydroxyl groups excluding tert-OH is 1. The van der Waals surface area contributed by atoms with Crippen molar-refractivity contribution in [3.05, 3.63) is 35.9 Å². The van der Waals surface area contributed by atoms with E-state index in [1.807, 2.05) is 30.3 Å². The molecule has 0 heterocycles. The number of nitrogens with zero attached hydrogens (tertiary/aromatic N) is 1. The van der Waals surface area contributed by atoms with Gasteiger partial charge in [0.1, 0.15) is 6.04 Å². The Morgan fingerprint density at radius 2 is 1.63 bits per heavy atom. The molecular weight excluding hydrogens is 488 g/mol. The number of benzene rings is 1. The van der Waals surface area contributed by atoms with Crippen LogP contribution in [0.5, 0.6) is 0 Å². The van der Waals surface area contributed by atoms with Crippen LogP contribution in [0, 0.1) is 5.92 Å². The van der Waals surface area contributed by atoms with Crippen molar-refractivity contribution in [3.8, 4) is 0 Å². The van der Waals surface area contributed by atoms with Crippen LogP contribution >= 0.6 is 0 Å². The quantitative estimate of drug-likeness (QED) is 0.249. The SMILES string of the molecule is CC(C)NC(=O)C(O)C(CCC(=O)N(C)CCc1ccccc1)NC(=O)C(CC1CCCCC1)NC(=O)O. The third-order valence-electron chi connectivity index (χ3n) is 6.99. The topological polar surface area (TPSA) is 148 Å². The zero-order chi connectivity index (χ0) is 28.1. The van der Waals surface area contributed by atoms with Crippen LogP contribution in [0.1, 0.15) is 70.8 Å². The van der Waals surface area contributed by atoms with Gasteiger partial charge in [0.15, 0.2) is 6.10 Å². The Morgan fingerprint density at radius 3 is 2.24 bits per heavy atom.